The van der Waals surface area contributed by atoms with Crippen molar-refractivity contribution in [2.24, 2.45) is 13.0 Å². The number of carbonyl (C=O) groups is 2. The maximum absolute atomic E-state index is 15.4. The zero-order chi connectivity index (χ0) is 38.9. The molecular weight excluding hydrogens is 735 g/mol. The minimum atomic E-state index is -1.02. The molecule has 12 heteroatoms. The number of amides is 1. The second-order valence-corrected chi connectivity index (χ2v) is 16.1. The third kappa shape index (κ3) is 6.28. The van der Waals surface area contributed by atoms with Crippen molar-refractivity contribution in [2.75, 3.05) is 24.6 Å². The average Bonchev–Trinajstić information content (AvgIpc) is 3.93. The first-order valence-electron chi connectivity index (χ1n) is 19.0. The number of fused-ring (bicyclic) bond motifs is 4. The van der Waals surface area contributed by atoms with Crippen molar-refractivity contribution >= 4 is 62.6 Å². The summed E-state index contributed by atoms with van der Waals surface area (Å²) in [4.78, 5) is 29.3. The third-order valence-corrected chi connectivity index (χ3v) is 12.8. The number of aryl methyl sites for hydroxylation is 5. The van der Waals surface area contributed by atoms with Crippen LogP contribution in [0.5, 0.6) is 5.75 Å². The Morgan fingerprint density at radius 3 is 2.51 bits per heavy atom. The smallest absolute Gasteiger partial charge is 0.335 e. The Labute approximate surface area is 330 Å². The molecule has 0 bridgehead atoms. The summed E-state index contributed by atoms with van der Waals surface area (Å²) in [5, 5.41) is 20.6. The number of benzene rings is 3. The van der Waals surface area contributed by atoms with Crippen LogP contribution in [-0.2, 0) is 20.0 Å². The molecule has 0 radical (unpaired) electrons. The lowest BCUT2D eigenvalue weighted by Crippen LogP contribution is -2.47. The second kappa shape index (κ2) is 14.4. The van der Waals surface area contributed by atoms with Gasteiger partial charge in [0, 0.05) is 52.4 Å². The third-order valence-electron chi connectivity index (χ3n) is 11.6. The van der Waals surface area contributed by atoms with E-state index in [4.69, 9.17) is 33.0 Å². The molecular formula is C43H46Cl2N6O4. The maximum atomic E-state index is 15.4. The van der Waals surface area contributed by atoms with Gasteiger partial charge in [0.2, 0.25) is 0 Å². The van der Waals surface area contributed by atoms with Crippen molar-refractivity contribution in [1.82, 2.24) is 24.2 Å². The molecule has 1 fully saturated rings. The molecule has 0 spiro atoms. The summed E-state index contributed by atoms with van der Waals surface area (Å²) in [6.45, 7) is 13.1. The lowest BCUT2D eigenvalue weighted by molar-refractivity contribution is 0.0696. The van der Waals surface area contributed by atoms with E-state index in [2.05, 4.69) is 46.5 Å². The SMILES string of the molecule is Cc1cc(OCCCc2c3n(c4c(-c5c(C)nn(C)c5C)cccc24)C(C)[C@@H](Cl)N(c2cn(C[C@@H]4CCNC4)c4ccc(C(=O)O)cc24)C3=O)cc(C)c1Cl. The van der Waals surface area contributed by atoms with Gasteiger partial charge in [-0.05, 0) is 120 Å². The lowest BCUT2D eigenvalue weighted by Gasteiger charge is -2.38. The number of aromatic nitrogens is 4. The van der Waals surface area contributed by atoms with E-state index in [0.717, 1.165) is 92.5 Å². The van der Waals surface area contributed by atoms with Crippen LogP contribution in [0.4, 0.5) is 5.69 Å². The maximum Gasteiger partial charge on any atom is 0.335 e. The molecule has 55 heavy (non-hydrogen) atoms. The standard InChI is InChI=1S/C43H46Cl2N6O4/c1-23-17-30(18-24(2)38(23)44)55-16-8-11-32-31-9-7-10-33(37-25(3)47-48(6)26(37)4)39(31)50-27(5)41(45)51(42(52)40(32)50)36-22-49(21-28-14-15-46-20-28)35-13-12-29(43(53)54)19-34(35)36/h7,9-10,12-13,17-19,22,27-28,41,46H,8,11,14-16,20-21H2,1-6H3,(H,53,54)/t27?,28-,41+/m1/s1. The van der Waals surface area contributed by atoms with Crippen molar-refractivity contribution in [2.45, 2.75) is 72.0 Å². The van der Waals surface area contributed by atoms with E-state index >= 15 is 4.79 Å². The molecule has 0 saturated carbocycles. The number of nitrogens with one attached hydrogen (secondary N) is 1. The molecule has 6 aromatic rings. The zero-order valence-corrected chi connectivity index (χ0v) is 33.6. The Balaban J connectivity index is 1.27. The number of hydrogen-bond acceptors (Lipinski definition) is 5. The molecule has 10 nitrogen and oxygen atoms in total. The second-order valence-electron chi connectivity index (χ2n) is 15.2. The number of para-hydroxylation sites is 1. The average molecular weight is 782 g/mol. The Morgan fingerprint density at radius 2 is 1.84 bits per heavy atom. The number of carbonyl (C=O) groups excluding carboxylic acids is 1. The number of nitrogens with zero attached hydrogens (tertiary/aromatic N) is 5. The van der Waals surface area contributed by atoms with Crippen LogP contribution in [0.1, 0.15) is 74.7 Å². The highest BCUT2D eigenvalue weighted by atomic mass is 35.5. The summed E-state index contributed by atoms with van der Waals surface area (Å²) in [7, 11) is 1.95. The van der Waals surface area contributed by atoms with E-state index < -0.39 is 11.5 Å². The van der Waals surface area contributed by atoms with Crippen LogP contribution in [0, 0.1) is 33.6 Å². The zero-order valence-electron chi connectivity index (χ0n) is 32.0. The van der Waals surface area contributed by atoms with Crippen LogP contribution >= 0.6 is 23.2 Å². The molecule has 1 saturated heterocycles. The van der Waals surface area contributed by atoms with Gasteiger partial charge in [-0.1, -0.05) is 41.4 Å². The number of anilines is 1. The molecule has 1 unspecified atom stereocenters. The number of aromatic carboxylic acids is 1. The fourth-order valence-corrected chi connectivity index (χ4v) is 9.24. The molecule has 3 aromatic carbocycles. The predicted octanol–water partition coefficient (Wildman–Crippen LogP) is 8.99. The van der Waals surface area contributed by atoms with Crippen molar-refractivity contribution in [1.29, 1.82) is 0 Å². The Bertz CT molecular complexity index is 2480. The van der Waals surface area contributed by atoms with Crippen molar-refractivity contribution in [3.05, 3.63) is 99.1 Å². The molecule has 0 aliphatic carbocycles. The Hall–Kier alpha value is -4.77. The van der Waals surface area contributed by atoms with Gasteiger partial charge in [0.25, 0.3) is 5.91 Å². The number of carboxylic acids is 1. The van der Waals surface area contributed by atoms with E-state index in [9.17, 15) is 9.90 Å². The first-order valence-corrected chi connectivity index (χ1v) is 19.8. The Kier molecular flexibility index (Phi) is 9.72. The summed E-state index contributed by atoms with van der Waals surface area (Å²) in [5.74, 6) is -0.0647. The van der Waals surface area contributed by atoms with Crippen LogP contribution < -0.4 is 15.0 Å². The number of alkyl halides is 1. The first kappa shape index (κ1) is 37.2. The Morgan fingerprint density at radius 1 is 1.07 bits per heavy atom. The topological polar surface area (TPSA) is 107 Å². The number of ether oxygens (including phenoxy) is 1. The highest BCUT2D eigenvalue weighted by Crippen LogP contribution is 2.46. The monoisotopic (exact) mass is 780 g/mol. The van der Waals surface area contributed by atoms with Gasteiger partial charge in [-0.2, -0.15) is 5.10 Å². The van der Waals surface area contributed by atoms with Crippen LogP contribution in [-0.4, -0.2) is 61.1 Å². The van der Waals surface area contributed by atoms with Crippen molar-refractivity contribution in [3.63, 3.8) is 0 Å². The van der Waals surface area contributed by atoms with Gasteiger partial charge in [-0.3, -0.25) is 14.4 Å². The van der Waals surface area contributed by atoms with Crippen molar-refractivity contribution in [3.8, 4) is 16.9 Å². The molecule has 2 N–H and O–H groups in total. The minimum absolute atomic E-state index is 0.158. The first-order chi connectivity index (χ1) is 26.3. The van der Waals surface area contributed by atoms with Gasteiger partial charge >= 0.3 is 5.97 Å². The minimum Gasteiger partial charge on any atom is -0.494 e. The summed E-state index contributed by atoms with van der Waals surface area (Å²) < 4.78 is 12.4. The van der Waals surface area contributed by atoms with E-state index in [-0.39, 0.29) is 17.5 Å². The van der Waals surface area contributed by atoms with Gasteiger partial charge in [0.15, 0.2) is 0 Å². The highest BCUT2D eigenvalue weighted by Gasteiger charge is 2.42. The van der Waals surface area contributed by atoms with Gasteiger partial charge in [-0.25, -0.2) is 4.79 Å². The molecule has 2 aliphatic heterocycles. The van der Waals surface area contributed by atoms with Crippen LogP contribution in [0.3, 0.4) is 0 Å². The fraction of sp³-hybridized carbons (Fsp3) is 0.372. The van der Waals surface area contributed by atoms with E-state index in [1.165, 1.54) is 0 Å². The van der Waals surface area contributed by atoms with Crippen molar-refractivity contribution < 1.29 is 19.4 Å². The number of carboxylic acid groups (broad SMARTS) is 1. The lowest BCUT2D eigenvalue weighted by atomic mass is 9.98. The van der Waals surface area contributed by atoms with Gasteiger partial charge < -0.3 is 24.3 Å². The van der Waals surface area contributed by atoms with Crippen LogP contribution in [0.2, 0.25) is 5.02 Å². The number of hydrogen-bond donors (Lipinski definition) is 2. The molecule has 3 atom stereocenters. The summed E-state index contributed by atoms with van der Waals surface area (Å²) in [6, 6.07) is 15.0. The molecule has 286 valence electrons. The quantitative estimate of drug-likeness (QED) is 0.0817. The largest absolute Gasteiger partial charge is 0.494 e. The summed E-state index contributed by atoms with van der Waals surface area (Å²) in [6.07, 6.45) is 4.27. The number of rotatable bonds is 10. The fourth-order valence-electron chi connectivity index (χ4n) is 8.83. The predicted molar refractivity (Wildman–Crippen MR) is 219 cm³/mol. The molecule has 5 heterocycles. The van der Waals surface area contributed by atoms with Gasteiger partial charge in [-0.15, -0.1) is 0 Å². The van der Waals surface area contributed by atoms with E-state index in [1.807, 2.05) is 56.9 Å². The number of halogens is 2. The highest BCUT2D eigenvalue weighted by molar-refractivity contribution is 6.32. The van der Waals surface area contributed by atoms with Gasteiger partial charge in [0.1, 0.15) is 16.9 Å². The van der Waals surface area contributed by atoms with Gasteiger partial charge in [0.05, 0.1) is 40.6 Å². The summed E-state index contributed by atoms with van der Waals surface area (Å²) >= 11 is 13.9. The molecule has 2 aliphatic rings. The molecule has 3 aromatic heterocycles. The molecule has 1 amide bonds. The van der Waals surface area contributed by atoms with Crippen LogP contribution in [0.25, 0.3) is 32.9 Å². The normalized spacial score (nSPS) is 18.5. The molecule has 8 rings (SSSR count). The van der Waals surface area contributed by atoms with E-state index in [0.29, 0.717) is 42.1 Å². The summed E-state index contributed by atoms with van der Waals surface area (Å²) in [5.41, 5.74) is 9.24. The van der Waals surface area contributed by atoms with Crippen LogP contribution in [0.15, 0.2) is 54.7 Å². The van der Waals surface area contributed by atoms with E-state index in [1.54, 1.807) is 17.0 Å².